The van der Waals surface area contributed by atoms with Crippen LogP contribution in [0, 0.1) is 0 Å². The number of aliphatic hydroxyl groups is 2. The number of hydrogen-bond acceptors (Lipinski definition) is 3. The van der Waals surface area contributed by atoms with E-state index < -0.39 is 6.10 Å². The Morgan fingerprint density at radius 3 is 2.64 bits per heavy atom. The monoisotopic (exact) mass is 160 g/mol. The van der Waals surface area contributed by atoms with E-state index in [9.17, 15) is 0 Å². The fraction of sp³-hybridized carbons (Fsp3) is 0.750. The number of aliphatic hydroxyl groups excluding tert-OH is 2. The van der Waals surface area contributed by atoms with Gasteiger partial charge in [0.05, 0.1) is 25.9 Å². The molecular formula is C8H16O3. The van der Waals surface area contributed by atoms with E-state index in [0.29, 0.717) is 0 Å². The summed E-state index contributed by atoms with van der Waals surface area (Å²) in [5.74, 6) is 0. The molecule has 0 radical (unpaired) electrons. The molecule has 0 bridgehead atoms. The Kier molecular flexibility index (Phi) is 6.12. The van der Waals surface area contributed by atoms with Crippen molar-refractivity contribution < 1.29 is 14.9 Å². The molecule has 0 rings (SSSR count). The lowest BCUT2D eigenvalue weighted by molar-refractivity contribution is 0.0397. The summed E-state index contributed by atoms with van der Waals surface area (Å²) >= 11 is 0. The van der Waals surface area contributed by atoms with Gasteiger partial charge in [-0.25, -0.2) is 0 Å². The van der Waals surface area contributed by atoms with Gasteiger partial charge < -0.3 is 14.9 Å². The molecule has 0 aliphatic rings. The molecule has 0 saturated heterocycles. The van der Waals surface area contributed by atoms with Gasteiger partial charge in [0.2, 0.25) is 0 Å². The van der Waals surface area contributed by atoms with Gasteiger partial charge in [-0.05, 0) is 13.8 Å². The van der Waals surface area contributed by atoms with Crippen molar-refractivity contribution in [2.24, 2.45) is 0 Å². The summed E-state index contributed by atoms with van der Waals surface area (Å²) in [6, 6.07) is 0. The van der Waals surface area contributed by atoms with Crippen LogP contribution in [0.2, 0.25) is 0 Å². The van der Waals surface area contributed by atoms with E-state index in [0.717, 1.165) is 5.57 Å². The van der Waals surface area contributed by atoms with Crippen molar-refractivity contribution in [3.63, 3.8) is 0 Å². The van der Waals surface area contributed by atoms with Gasteiger partial charge in [-0.2, -0.15) is 0 Å². The first-order valence-electron chi connectivity index (χ1n) is 3.68. The maximum absolute atomic E-state index is 9.16. The molecule has 2 N–H and O–H groups in total. The van der Waals surface area contributed by atoms with Gasteiger partial charge in [-0.15, -0.1) is 0 Å². The lowest BCUT2D eigenvalue weighted by Crippen LogP contribution is -2.14. The Labute approximate surface area is 67.3 Å². The van der Waals surface area contributed by atoms with Gasteiger partial charge in [0, 0.05) is 0 Å². The van der Waals surface area contributed by atoms with E-state index in [1.54, 1.807) is 6.08 Å². The lowest BCUT2D eigenvalue weighted by Gasteiger charge is -2.06. The van der Waals surface area contributed by atoms with E-state index in [1.807, 2.05) is 13.8 Å². The van der Waals surface area contributed by atoms with Crippen LogP contribution in [0.5, 0.6) is 0 Å². The third kappa shape index (κ3) is 7.52. The van der Waals surface area contributed by atoms with Crippen LogP contribution < -0.4 is 0 Å². The van der Waals surface area contributed by atoms with Gasteiger partial charge in [-0.3, -0.25) is 0 Å². The lowest BCUT2D eigenvalue weighted by atomic mass is 10.2. The first-order chi connectivity index (χ1) is 5.16. The zero-order valence-electron chi connectivity index (χ0n) is 7.08. The number of ether oxygens (including phenoxy) is 1. The van der Waals surface area contributed by atoms with Crippen molar-refractivity contribution in [3.8, 4) is 0 Å². The van der Waals surface area contributed by atoms with Gasteiger partial charge >= 0.3 is 0 Å². The summed E-state index contributed by atoms with van der Waals surface area (Å²) < 4.78 is 4.90. The Hall–Kier alpha value is -0.380. The van der Waals surface area contributed by atoms with Crippen molar-refractivity contribution in [2.45, 2.75) is 20.0 Å². The second kappa shape index (κ2) is 6.34. The summed E-state index contributed by atoms with van der Waals surface area (Å²) in [6.45, 7) is 4.37. The summed E-state index contributed by atoms with van der Waals surface area (Å²) in [7, 11) is 0. The molecule has 0 saturated carbocycles. The highest BCUT2D eigenvalue weighted by Gasteiger charge is 1.98. The predicted molar refractivity (Wildman–Crippen MR) is 43.3 cm³/mol. The minimum Gasteiger partial charge on any atom is -0.394 e. The molecule has 0 aromatic carbocycles. The fourth-order valence-electron chi connectivity index (χ4n) is 0.702. The van der Waals surface area contributed by atoms with Crippen LogP contribution in [0.4, 0.5) is 0 Å². The SMILES string of the molecule is CC(C)=CC(O)COCCO. The highest BCUT2D eigenvalue weighted by molar-refractivity contribution is 4.97. The molecule has 0 fully saturated rings. The zero-order valence-corrected chi connectivity index (χ0v) is 7.08. The highest BCUT2D eigenvalue weighted by atomic mass is 16.5. The summed E-state index contributed by atoms with van der Waals surface area (Å²) in [5, 5.41) is 17.5. The molecule has 0 aromatic rings. The zero-order chi connectivity index (χ0) is 8.69. The number of allylic oxidation sites excluding steroid dienone is 1. The van der Waals surface area contributed by atoms with Crippen LogP contribution in [0.15, 0.2) is 11.6 Å². The molecule has 11 heavy (non-hydrogen) atoms. The van der Waals surface area contributed by atoms with Crippen molar-refractivity contribution in [2.75, 3.05) is 19.8 Å². The minimum atomic E-state index is -0.549. The Balaban J connectivity index is 3.37. The van der Waals surface area contributed by atoms with Gasteiger partial charge in [-0.1, -0.05) is 11.6 Å². The highest BCUT2D eigenvalue weighted by Crippen LogP contribution is 1.94. The Morgan fingerprint density at radius 1 is 1.55 bits per heavy atom. The smallest absolute Gasteiger partial charge is 0.0956 e. The topological polar surface area (TPSA) is 49.7 Å². The predicted octanol–water partition coefficient (Wildman–Crippen LogP) is 0.322. The van der Waals surface area contributed by atoms with Crippen molar-refractivity contribution in [3.05, 3.63) is 11.6 Å². The third-order valence-electron chi connectivity index (χ3n) is 1.05. The van der Waals surface area contributed by atoms with Gasteiger partial charge in [0.1, 0.15) is 0 Å². The Morgan fingerprint density at radius 2 is 2.18 bits per heavy atom. The fourth-order valence-corrected chi connectivity index (χ4v) is 0.702. The average Bonchev–Trinajstić information content (AvgIpc) is 1.86. The van der Waals surface area contributed by atoms with Crippen LogP contribution in [0.25, 0.3) is 0 Å². The first-order valence-corrected chi connectivity index (χ1v) is 3.68. The maximum Gasteiger partial charge on any atom is 0.0956 e. The van der Waals surface area contributed by atoms with E-state index in [2.05, 4.69) is 0 Å². The van der Waals surface area contributed by atoms with Crippen LogP contribution in [-0.2, 0) is 4.74 Å². The molecule has 0 aromatic heterocycles. The average molecular weight is 160 g/mol. The van der Waals surface area contributed by atoms with Crippen molar-refractivity contribution >= 4 is 0 Å². The van der Waals surface area contributed by atoms with Crippen LogP contribution in [0.1, 0.15) is 13.8 Å². The molecular weight excluding hydrogens is 144 g/mol. The minimum absolute atomic E-state index is 0.00153. The number of rotatable bonds is 5. The van der Waals surface area contributed by atoms with Crippen molar-refractivity contribution in [1.29, 1.82) is 0 Å². The molecule has 0 spiro atoms. The second-order valence-corrected chi connectivity index (χ2v) is 2.61. The third-order valence-corrected chi connectivity index (χ3v) is 1.05. The molecule has 0 amide bonds. The molecule has 3 nitrogen and oxygen atoms in total. The molecule has 66 valence electrons. The van der Waals surface area contributed by atoms with E-state index >= 15 is 0 Å². The standard InChI is InChI=1S/C8H16O3/c1-7(2)5-8(10)6-11-4-3-9/h5,8-10H,3-4,6H2,1-2H3. The number of hydrogen-bond donors (Lipinski definition) is 2. The van der Waals surface area contributed by atoms with Crippen LogP contribution in [0.3, 0.4) is 0 Å². The van der Waals surface area contributed by atoms with E-state index in [1.165, 1.54) is 0 Å². The second-order valence-electron chi connectivity index (χ2n) is 2.61. The Bertz CT molecular complexity index is 117. The van der Waals surface area contributed by atoms with Gasteiger partial charge in [0.15, 0.2) is 0 Å². The molecule has 1 atom stereocenters. The van der Waals surface area contributed by atoms with E-state index in [4.69, 9.17) is 14.9 Å². The molecule has 0 aliphatic heterocycles. The molecule has 0 heterocycles. The first kappa shape index (κ1) is 10.6. The van der Waals surface area contributed by atoms with Crippen molar-refractivity contribution in [1.82, 2.24) is 0 Å². The largest absolute Gasteiger partial charge is 0.394 e. The van der Waals surface area contributed by atoms with E-state index in [-0.39, 0.29) is 19.8 Å². The quantitative estimate of drug-likeness (QED) is 0.450. The summed E-state index contributed by atoms with van der Waals surface area (Å²) in [6.07, 6.45) is 1.17. The normalized spacial score (nSPS) is 12.7. The molecule has 1 unspecified atom stereocenters. The molecule has 0 aliphatic carbocycles. The van der Waals surface area contributed by atoms with Crippen LogP contribution >= 0.6 is 0 Å². The van der Waals surface area contributed by atoms with Gasteiger partial charge in [0.25, 0.3) is 0 Å². The van der Waals surface area contributed by atoms with Crippen LogP contribution in [-0.4, -0.2) is 36.1 Å². The maximum atomic E-state index is 9.16. The summed E-state index contributed by atoms with van der Waals surface area (Å²) in [5.41, 5.74) is 1.06. The summed E-state index contributed by atoms with van der Waals surface area (Å²) in [4.78, 5) is 0. The molecule has 3 heteroatoms.